The van der Waals surface area contributed by atoms with Crippen LogP contribution in [0.1, 0.15) is 11.1 Å². The van der Waals surface area contributed by atoms with Gasteiger partial charge in [-0.15, -0.1) is 0 Å². The van der Waals surface area contributed by atoms with Gasteiger partial charge in [0.1, 0.15) is 17.3 Å². The van der Waals surface area contributed by atoms with Crippen molar-refractivity contribution in [3.63, 3.8) is 0 Å². The van der Waals surface area contributed by atoms with Gasteiger partial charge >= 0.3 is 0 Å². The SMILES string of the molecule is CN=C(NCc1ccc(-n2ccnc2)c(F)c1)NCc1ccc(OC)cc1OC. The molecule has 0 saturated carbocycles. The minimum absolute atomic E-state index is 0.312. The van der Waals surface area contributed by atoms with Crippen molar-refractivity contribution in [3.05, 3.63) is 72.1 Å². The molecule has 2 aromatic carbocycles. The zero-order valence-electron chi connectivity index (χ0n) is 16.6. The van der Waals surface area contributed by atoms with E-state index in [4.69, 9.17) is 9.47 Å². The third-order valence-corrected chi connectivity index (χ3v) is 4.42. The fourth-order valence-electron chi connectivity index (χ4n) is 2.85. The van der Waals surface area contributed by atoms with Gasteiger partial charge in [0.25, 0.3) is 0 Å². The summed E-state index contributed by atoms with van der Waals surface area (Å²) in [5.74, 6) is 1.74. The van der Waals surface area contributed by atoms with E-state index in [-0.39, 0.29) is 5.82 Å². The molecule has 3 rings (SSSR count). The fraction of sp³-hybridized carbons (Fsp3) is 0.238. The number of guanidine groups is 1. The van der Waals surface area contributed by atoms with Gasteiger partial charge in [0, 0.05) is 44.2 Å². The number of aromatic nitrogens is 2. The molecule has 7 nitrogen and oxygen atoms in total. The minimum atomic E-state index is -0.312. The van der Waals surface area contributed by atoms with Crippen molar-refractivity contribution in [2.45, 2.75) is 13.1 Å². The number of hydrogen-bond acceptors (Lipinski definition) is 4. The van der Waals surface area contributed by atoms with E-state index in [2.05, 4.69) is 20.6 Å². The van der Waals surface area contributed by atoms with E-state index < -0.39 is 0 Å². The number of hydrogen-bond donors (Lipinski definition) is 2. The number of ether oxygens (including phenoxy) is 2. The van der Waals surface area contributed by atoms with Crippen LogP contribution in [-0.4, -0.2) is 36.8 Å². The topological polar surface area (TPSA) is 72.7 Å². The second-order valence-electron chi connectivity index (χ2n) is 6.21. The summed E-state index contributed by atoms with van der Waals surface area (Å²) < 4.78 is 26.6. The van der Waals surface area contributed by atoms with E-state index >= 15 is 0 Å². The number of benzene rings is 2. The summed E-state index contributed by atoms with van der Waals surface area (Å²) in [7, 11) is 4.92. The van der Waals surface area contributed by atoms with Crippen LogP contribution in [0.25, 0.3) is 5.69 Å². The molecule has 0 bridgehead atoms. The van der Waals surface area contributed by atoms with E-state index in [9.17, 15) is 4.39 Å². The molecule has 152 valence electrons. The molecule has 0 atom stereocenters. The van der Waals surface area contributed by atoms with Gasteiger partial charge in [-0.1, -0.05) is 6.07 Å². The van der Waals surface area contributed by atoms with Crippen LogP contribution < -0.4 is 20.1 Å². The summed E-state index contributed by atoms with van der Waals surface area (Å²) in [6, 6.07) is 10.7. The Kier molecular flexibility index (Phi) is 6.67. The Balaban J connectivity index is 1.59. The largest absolute Gasteiger partial charge is 0.497 e. The molecule has 0 aliphatic heterocycles. The van der Waals surface area contributed by atoms with Gasteiger partial charge in [-0.05, 0) is 29.8 Å². The van der Waals surface area contributed by atoms with Crippen molar-refractivity contribution in [1.29, 1.82) is 0 Å². The zero-order valence-corrected chi connectivity index (χ0v) is 16.6. The Bertz CT molecular complexity index is 973. The average Bonchev–Trinajstić information content (AvgIpc) is 3.28. The molecule has 1 aromatic heterocycles. The summed E-state index contributed by atoms with van der Waals surface area (Å²) in [5, 5.41) is 6.41. The molecule has 0 aliphatic carbocycles. The van der Waals surface area contributed by atoms with Crippen molar-refractivity contribution < 1.29 is 13.9 Å². The maximum Gasteiger partial charge on any atom is 0.191 e. The number of nitrogens with one attached hydrogen (secondary N) is 2. The number of imidazole rings is 1. The van der Waals surface area contributed by atoms with E-state index in [1.165, 1.54) is 6.07 Å². The third-order valence-electron chi connectivity index (χ3n) is 4.42. The van der Waals surface area contributed by atoms with Crippen LogP contribution in [-0.2, 0) is 13.1 Å². The number of aliphatic imine (C=N–C) groups is 1. The van der Waals surface area contributed by atoms with Crippen LogP contribution in [0.4, 0.5) is 4.39 Å². The molecular weight excluding hydrogens is 373 g/mol. The molecule has 8 heteroatoms. The van der Waals surface area contributed by atoms with Crippen LogP contribution in [0, 0.1) is 5.82 Å². The molecule has 0 unspecified atom stereocenters. The molecule has 0 spiro atoms. The lowest BCUT2D eigenvalue weighted by atomic mass is 10.2. The number of rotatable bonds is 7. The van der Waals surface area contributed by atoms with Gasteiger partial charge in [-0.3, -0.25) is 4.99 Å². The van der Waals surface area contributed by atoms with Crippen LogP contribution in [0.3, 0.4) is 0 Å². The number of methoxy groups -OCH3 is 2. The predicted octanol–water partition coefficient (Wildman–Crippen LogP) is 2.89. The molecular formula is C21H24FN5O2. The first-order chi connectivity index (χ1) is 14.1. The van der Waals surface area contributed by atoms with Crippen molar-refractivity contribution in [2.75, 3.05) is 21.3 Å². The molecule has 29 heavy (non-hydrogen) atoms. The quantitative estimate of drug-likeness (QED) is 0.474. The fourth-order valence-corrected chi connectivity index (χ4v) is 2.85. The van der Waals surface area contributed by atoms with Crippen LogP contribution in [0.15, 0.2) is 60.1 Å². The predicted molar refractivity (Wildman–Crippen MR) is 110 cm³/mol. The van der Waals surface area contributed by atoms with Crippen LogP contribution >= 0.6 is 0 Å². The van der Waals surface area contributed by atoms with Gasteiger partial charge in [0.15, 0.2) is 5.96 Å². The summed E-state index contributed by atoms with van der Waals surface area (Å²) in [6.45, 7) is 0.946. The molecule has 2 N–H and O–H groups in total. The lowest BCUT2D eigenvalue weighted by Gasteiger charge is -2.15. The van der Waals surface area contributed by atoms with Crippen molar-refractivity contribution in [2.24, 2.45) is 4.99 Å². The van der Waals surface area contributed by atoms with Crippen LogP contribution in [0.5, 0.6) is 11.5 Å². The second-order valence-corrected chi connectivity index (χ2v) is 6.21. The molecule has 0 saturated heterocycles. The summed E-state index contributed by atoms with van der Waals surface area (Å²) in [5.41, 5.74) is 2.23. The Morgan fingerprint density at radius 2 is 1.93 bits per heavy atom. The normalized spacial score (nSPS) is 11.2. The first-order valence-electron chi connectivity index (χ1n) is 9.06. The lowest BCUT2D eigenvalue weighted by Crippen LogP contribution is -2.36. The zero-order chi connectivity index (χ0) is 20.6. The van der Waals surface area contributed by atoms with Gasteiger partial charge < -0.3 is 24.7 Å². The van der Waals surface area contributed by atoms with E-state index in [0.29, 0.717) is 24.7 Å². The standard InChI is InChI=1S/C21H24FN5O2/c1-23-21(26-13-16-5-6-17(28-2)11-20(16)29-3)25-12-15-4-7-19(18(22)10-15)27-9-8-24-14-27/h4-11,14H,12-13H2,1-3H3,(H2,23,25,26). The van der Waals surface area contributed by atoms with Crippen molar-refractivity contribution in [1.82, 2.24) is 20.2 Å². The van der Waals surface area contributed by atoms with Gasteiger partial charge in [-0.2, -0.15) is 0 Å². The molecule has 3 aromatic rings. The first kappa shape index (κ1) is 20.2. The Labute approximate surface area is 169 Å². The average molecular weight is 397 g/mol. The van der Waals surface area contributed by atoms with Crippen molar-refractivity contribution in [3.8, 4) is 17.2 Å². The highest BCUT2D eigenvalue weighted by molar-refractivity contribution is 5.79. The maximum atomic E-state index is 14.4. The number of halogens is 1. The van der Waals surface area contributed by atoms with Crippen LogP contribution in [0.2, 0.25) is 0 Å². The molecule has 0 radical (unpaired) electrons. The highest BCUT2D eigenvalue weighted by Gasteiger charge is 2.08. The highest BCUT2D eigenvalue weighted by atomic mass is 19.1. The smallest absolute Gasteiger partial charge is 0.191 e. The first-order valence-corrected chi connectivity index (χ1v) is 9.06. The van der Waals surface area contributed by atoms with Crippen molar-refractivity contribution >= 4 is 5.96 Å². The summed E-state index contributed by atoms with van der Waals surface area (Å²) in [6.07, 6.45) is 4.88. The summed E-state index contributed by atoms with van der Waals surface area (Å²) >= 11 is 0. The highest BCUT2D eigenvalue weighted by Crippen LogP contribution is 2.24. The Morgan fingerprint density at radius 3 is 2.59 bits per heavy atom. The molecule has 0 fully saturated rings. The molecule has 1 heterocycles. The molecule has 0 amide bonds. The van der Waals surface area contributed by atoms with Gasteiger partial charge in [0.05, 0.1) is 26.2 Å². The Morgan fingerprint density at radius 1 is 1.10 bits per heavy atom. The molecule has 0 aliphatic rings. The van der Waals surface area contributed by atoms with E-state index in [1.807, 2.05) is 24.3 Å². The number of nitrogens with zero attached hydrogens (tertiary/aromatic N) is 3. The minimum Gasteiger partial charge on any atom is -0.497 e. The monoisotopic (exact) mass is 397 g/mol. The van der Waals surface area contributed by atoms with Gasteiger partial charge in [0.2, 0.25) is 0 Å². The lowest BCUT2D eigenvalue weighted by molar-refractivity contribution is 0.390. The van der Waals surface area contributed by atoms with E-state index in [1.54, 1.807) is 50.6 Å². The van der Waals surface area contributed by atoms with Gasteiger partial charge in [-0.25, -0.2) is 9.37 Å². The third kappa shape index (κ3) is 5.04. The summed E-state index contributed by atoms with van der Waals surface area (Å²) in [4.78, 5) is 8.15. The maximum absolute atomic E-state index is 14.4. The van der Waals surface area contributed by atoms with E-state index in [0.717, 1.165) is 22.6 Å². The second kappa shape index (κ2) is 9.59. The Hall–Kier alpha value is -3.55.